The number of nitrogens with zero attached hydrogens (tertiary/aromatic N) is 1. The van der Waals surface area contributed by atoms with E-state index >= 15 is 0 Å². The fourth-order valence-corrected chi connectivity index (χ4v) is 3.53. The monoisotopic (exact) mass is 366 g/mol. The van der Waals surface area contributed by atoms with E-state index in [0.29, 0.717) is 16.3 Å². The van der Waals surface area contributed by atoms with Crippen molar-refractivity contribution in [2.24, 2.45) is 0 Å². The summed E-state index contributed by atoms with van der Waals surface area (Å²) < 4.78 is 26.7. The first-order valence-corrected chi connectivity index (χ1v) is 9.19. The zero-order valence-electron chi connectivity index (χ0n) is 13.7. The topological polar surface area (TPSA) is 66.5 Å². The molecule has 0 spiro atoms. The van der Waals surface area contributed by atoms with E-state index in [1.807, 2.05) is 13.8 Å². The average Bonchev–Trinajstić information content (AvgIpc) is 2.53. The maximum Gasteiger partial charge on any atom is 0.264 e. The normalized spacial score (nSPS) is 11.4. The highest BCUT2D eigenvalue weighted by atomic mass is 35.5. The number of nitrogens with one attached hydrogen (secondary N) is 1. The van der Waals surface area contributed by atoms with Crippen molar-refractivity contribution in [2.75, 3.05) is 11.4 Å². The molecule has 2 aromatic rings. The Bertz CT molecular complexity index is 850. The molecule has 1 N–H and O–H groups in total. The summed E-state index contributed by atoms with van der Waals surface area (Å²) in [6.07, 6.45) is 0. The van der Waals surface area contributed by atoms with Crippen LogP contribution in [0, 0.1) is 0 Å². The van der Waals surface area contributed by atoms with Crippen molar-refractivity contribution in [2.45, 2.75) is 24.8 Å². The van der Waals surface area contributed by atoms with Crippen LogP contribution in [0.3, 0.4) is 0 Å². The average molecular weight is 367 g/mol. The van der Waals surface area contributed by atoms with Gasteiger partial charge in [0.05, 0.1) is 10.6 Å². The summed E-state index contributed by atoms with van der Waals surface area (Å²) in [6, 6.07) is 12.5. The van der Waals surface area contributed by atoms with E-state index in [1.54, 1.807) is 36.4 Å². The molecule has 0 aliphatic carbocycles. The van der Waals surface area contributed by atoms with Crippen LogP contribution in [0.2, 0.25) is 5.02 Å². The Kier molecular flexibility index (Phi) is 5.51. The lowest BCUT2D eigenvalue weighted by molar-refractivity contribution is 0.0943. The summed E-state index contributed by atoms with van der Waals surface area (Å²) in [6.45, 7) is 3.68. The van der Waals surface area contributed by atoms with E-state index in [4.69, 9.17) is 11.6 Å². The third kappa shape index (κ3) is 4.07. The van der Waals surface area contributed by atoms with Gasteiger partial charge in [0.1, 0.15) is 0 Å². The zero-order valence-corrected chi connectivity index (χ0v) is 15.2. The second-order valence-electron chi connectivity index (χ2n) is 5.61. The van der Waals surface area contributed by atoms with Crippen molar-refractivity contribution in [1.82, 2.24) is 5.32 Å². The quantitative estimate of drug-likeness (QED) is 0.882. The highest BCUT2D eigenvalue weighted by molar-refractivity contribution is 7.92. The highest BCUT2D eigenvalue weighted by Crippen LogP contribution is 2.25. The van der Waals surface area contributed by atoms with Crippen molar-refractivity contribution in [3.8, 4) is 0 Å². The third-order valence-corrected chi connectivity index (χ3v) is 5.36. The molecule has 0 saturated heterocycles. The number of carbonyl (C=O) groups is 1. The Balaban J connectivity index is 2.37. The van der Waals surface area contributed by atoms with E-state index < -0.39 is 10.0 Å². The lowest BCUT2D eigenvalue weighted by Crippen LogP contribution is -2.30. The Hall–Kier alpha value is -2.05. The fraction of sp³-hybridized carbons (Fsp3) is 0.235. The predicted octanol–water partition coefficient (Wildman–Crippen LogP) is 3.30. The summed E-state index contributed by atoms with van der Waals surface area (Å²) in [5.74, 6) is -0.313. The van der Waals surface area contributed by atoms with Gasteiger partial charge < -0.3 is 5.32 Å². The summed E-state index contributed by atoms with van der Waals surface area (Å²) in [5.41, 5.74) is 0.740. The lowest BCUT2D eigenvalue weighted by Gasteiger charge is -2.20. The Labute approximate surface area is 147 Å². The van der Waals surface area contributed by atoms with Crippen LogP contribution in [0.15, 0.2) is 53.4 Å². The fourth-order valence-electron chi connectivity index (χ4n) is 2.11. The number of sulfonamides is 1. The molecule has 0 saturated carbocycles. The first-order valence-electron chi connectivity index (χ1n) is 7.37. The van der Waals surface area contributed by atoms with Gasteiger partial charge in [-0.25, -0.2) is 8.42 Å². The third-order valence-electron chi connectivity index (χ3n) is 3.35. The molecule has 0 bridgehead atoms. The van der Waals surface area contributed by atoms with Crippen molar-refractivity contribution >= 4 is 33.2 Å². The van der Waals surface area contributed by atoms with E-state index in [0.717, 1.165) is 4.31 Å². The molecule has 7 heteroatoms. The number of benzene rings is 2. The first-order chi connectivity index (χ1) is 11.2. The molecular weight excluding hydrogens is 348 g/mol. The van der Waals surface area contributed by atoms with Crippen molar-refractivity contribution in [1.29, 1.82) is 0 Å². The minimum atomic E-state index is -3.80. The molecule has 1 amide bonds. The molecule has 0 unspecified atom stereocenters. The molecule has 0 atom stereocenters. The van der Waals surface area contributed by atoms with Gasteiger partial charge in [0.2, 0.25) is 0 Å². The van der Waals surface area contributed by atoms with E-state index in [1.165, 1.54) is 19.2 Å². The largest absolute Gasteiger partial charge is 0.350 e. The van der Waals surface area contributed by atoms with Crippen LogP contribution >= 0.6 is 11.6 Å². The van der Waals surface area contributed by atoms with Crippen LogP contribution in [0.25, 0.3) is 0 Å². The van der Waals surface area contributed by atoms with Gasteiger partial charge in [-0.1, -0.05) is 23.7 Å². The molecule has 0 aliphatic rings. The Morgan fingerprint density at radius 1 is 1.12 bits per heavy atom. The standard InChI is InChI=1S/C17H19ClN2O3S/c1-12(2)19-17(21)13-6-4-9-16(10-13)24(22,23)20(3)15-8-5-7-14(18)11-15/h4-12H,1-3H3,(H,19,21). The smallest absolute Gasteiger partial charge is 0.264 e. The van der Waals surface area contributed by atoms with E-state index in [-0.39, 0.29) is 16.8 Å². The van der Waals surface area contributed by atoms with Gasteiger partial charge in [-0.2, -0.15) is 0 Å². The van der Waals surface area contributed by atoms with Crippen molar-refractivity contribution < 1.29 is 13.2 Å². The second kappa shape index (κ2) is 7.23. The number of amides is 1. The van der Waals surface area contributed by atoms with Gasteiger partial charge in [0.15, 0.2) is 0 Å². The van der Waals surface area contributed by atoms with Gasteiger partial charge in [-0.3, -0.25) is 9.10 Å². The molecule has 0 aromatic heterocycles. The zero-order chi connectivity index (χ0) is 17.9. The van der Waals surface area contributed by atoms with Crippen molar-refractivity contribution in [3.63, 3.8) is 0 Å². The summed E-state index contributed by atoms with van der Waals surface area (Å²) in [7, 11) is -2.35. The van der Waals surface area contributed by atoms with Gasteiger partial charge in [0.25, 0.3) is 15.9 Å². The van der Waals surface area contributed by atoms with Crippen LogP contribution in [-0.2, 0) is 10.0 Å². The second-order valence-corrected chi connectivity index (χ2v) is 8.01. The lowest BCUT2D eigenvalue weighted by atomic mass is 10.2. The number of anilines is 1. The van der Waals surface area contributed by atoms with Crippen LogP contribution in [-0.4, -0.2) is 27.4 Å². The number of hydrogen-bond donors (Lipinski definition) is 1. The van der Waals surface area contributed by atoms with Gasteiger partial charge in [-0.15, -0.1) is 0 Å². The maximum absolute atomic E-state index is 12.8. The van der Waals surface area contributed by atoms with Crippen LogP contribution in [0.5, 0.6) is 0 Å². The molecule has 0 fully saturated rings. The number of hydrogen-bond acceptors (Lipinski definition) is 3. The van der Waals surface area contributed by atoms with Crippen LogP contribution in [0.4, 0.5) is 5.69 Å². The number of rotatable bonds is 5. The Morgan fingerprint density at radius 3 is 2.42 bits per heavy atom. The molecule has 0 heterocycles. The van der Waals surface area contributed by atoms with Crippen molar-refractivity contribution in [3.05, 3.63) is 59.1 Å². The Morgan fingerprint density at radius 2 is 1.79 bits per heavy atom. The van der Waals surface area contributed by atoms with Crippen LogP contribution in [0.1, 0.15) is 24.2 Å². The van der Waals surface area contributed by atoms with Gasteiger partial charge in [0, 0.05) is 23.7 Å². The maximum atomic E-state index is 12.8. The first kappa shape index (κ1) is 18.3. The molecule has 2 rings (SSSR count). The number of halogens is 1. The minimum Gasteiger partial charge on any atom is -0.350 e. The molecule has 2 aromatic carbocycles. The molecule has 5 nitrogen and oxygen atoms in total. The minimum absolute atomic E-state index is 0.0353. The summed E-state index contributed by atoms with van der Waals surface area (Å²) in [5, 5.41) is 3.19. The van der Waals surface area contributed by atoms with E-state index in [2.05, 4.69) is 5.32 Å². The molecule has 0 aliphatic heterocycles. The predicted molar refractivity (Wildman–Crippen MR) is 96.1 cm³/mol. The molecule has 128 valence electrons. The number of carbonyl (C=O) groups excluding carboxylic acids is 1. The highest BCUT2D eigenvalue weighted by Gasteiger charge is 2.22. The van der Waals surface area contributed by atoms with E-state index in [9.17, 15) is 13.2 Å². The van der Waals surface area contributed by atoms with Gasteiger partial charge >= 0.3 is 0 Å². The molecule has 24 heavy (non-hydrogen) atoms. The van der Waals surface area contributed by atoms with Crippen LogP contribution < -0.4 is 9.62 Å². The summed E-state index contributed by atoms with van der Waals surface area (Å²) >= 11 is 5.93. The SMILES string of the molecule is CC(C)NC(=O)c1cccc(S(=O)(=O)N(C)c2cccc(Cl)c2)c1. The molecule has 0 radical (unpaired) electrons. The van der Waals surface area contributed by atoms with Gasteiger partial charge in [-0.05, 0) is 50.2 Å². The summed E-state index contributed by atoms with van der Waals surface area (Å²) in [4.78, 5) is 12.1. The molecular formula is C17H19ClN2O3S.